The zero-order valence-electron chi connectivity index (χ0n) is 9.84. The number of amides is 1. The van der Waals surface area contributed by atoms with E-state index in [2.05, 4.69) is 5.32 Å². The first kappa shape index (κ1) is 13.9. The summed E-state index contributed by atoms with van der Waals surface area (Å²) in [5.41, 5.74) is 5.67. The lowest BCUT2D eigenvalue weighted by Crippen LogP contribution is -2.36. The molecule has 3 nitrogen and oxygen atoms in total. The zero-order chi connectivity index (χ0) is 13.0. The number of hydrogen-bond acceptors (Lipinski definition) is 2. The van der Waals surface area contributed by atoms with Crippen LogP contribution in [0.5, 0.6) is 0 Å². The maximum Gasteiger partial charge on any atom is 0.241 e. The molecule has 0 aliphatic heterocycles. The van der Waals surface area contributed by atoms with Crippen LogP contribution >= 0.6 is 11.6 Å². The highest BCUT2D eigenvalue weighted by molar-refractivity contribution is 6.33. The molecule has 1 rings (SSSR count). The van der Waals surface area contributed by atoms with Crippen LogP contribution in [-0.4, -0.2) is 11.9 Å². The Morgan fingerprint density at radius 3 is 2.71 bits per heavy atom. The Bertz CT molecular complexity index is 389. The molecule has 1 amide bonds. The summed E-state index contributed by atoms with van der Waals surface area (Å²) in [5.74, 6) is -0.694. The third-order valence-corrected chi connectivity index (χ3v) is 2.59. The van der Waals surface area contributed by atoms with E-state index in [1.807, 2.05) is 13.8 Å². The molecule has 0 aliphatic rings. The third kappa shape index (κ3) is 3.98. The number of nitrogens with two attached hydrogens (primary N) is 1. The van der Waals surface area contributed by atoms with Crippen LogP contribution in [-0.2, 0) is 4.79 Å². The van der Waals surface area contributed by atoms with Gasteiger partial charge in [0, 0.05) is 0 Å². The van der Waals surface area contributed by atoms with Crippen molar-refractivity contribution >= 4 is 23.2 Å². The predicted molar refractivity (Wildman–Crippen MR) is 67.5 cm³/mol. The normalized spacial score (nSPS) is 12.6. The van der Waals surface area contributed by atoms with Crippen LogP contribution < -0.4 is 11.1 Å². The molecule has 0 bridgehead atoms. The minimum Gasteiger partial charge on any atom is -0.321 e. The van der Waals surface area contributed by atoms with Gasteiger partial charge < -0.3 is 11.1 Å². The van der Waals surface area contributed by atoms with Crippen molar-refractivity contribution < 1.29 is 9.18 Å². The topological polar surface area (TPSA) is 55.1 Å². The van der Waals surface area contributed by atoms with Crippen molar-refractivity contribution in [1.82, 2.24) is 0 Å². The van der Waals surface area contributed by atoms with E-state index in [9.17, 15) is 9.18 Å². The van der Waals surface area contributed by atoms with Gasteiger partial charge in [-0.15, -0.1) is 0 Å². The van der Waals surface area contributed by atoms with Crippen LogP contribution in [0.3, 0.4) is 0 Å². The fraction of sp³-hybridized carbons (Fsp3) is 0.417. The number of rotatable bonds is 4. The smallest absolute Gasteiger partial charge is 0.241 e. The van der Waals surface area contributed by atoms with Crippen molar-refractivity contribution in [3.05, 3.63) is 29.0 Å². The first-order valence-electron chi connectivity index (χ1n) is 5.42. The van der Waals surface area contributed by atoms with Crippen LogP contribution in [0, 0.1) is 11.7 Å². The summed E-state index contributed by atoms with van der Waals surface area (Å²) in [7, 11) is 0. The number of para-hydroxylation sites is 1. The molecule has 1 aromatic carbocycles. The van der Waals surface area contributed by atoms with Gasteiger partial charge in [0.05, 0.1) is 16.8 Å². The second kappa shape index (κ2) is 5.98. The van der Waals surface area contributed by atoms with E-state index in [1.165, 1.54) is 18.2 Å². The average molecular weight is 259 g/mol. The molecular weight excluding hydrogens is 243 g/mol. The first-order valence-corrected chi connectivity index (χ1v) is 5.80. The Labute approximate surface area is 105 Å². The van der Waals surface area contributed by atoms with Crippen molar-refractivity contribution in [2.45, 2.75) is 26.3 Å². The van der Waals surface area contributed by atoms with Gasteiger partial charge in [-0.1, -0.05) is 31.5 Å². The summed E-state index contributed by atoms with van der Waals surface area (Å²) in [6.45, 7) is 3.92. The average Bonchev–Trinajstić information content (AvgIpc) is 2.22. The molecule has 3 N–H and O–H groups in total. The Morgan fingerprint density at radius 1 is 1.53 bits per heavy atom. The molecule has 0 saturated carbocycles. The van der Waals surface area contributed by atoms with E-state index in [4.69, 9.17) is 17.3 Å². The monoisotopic (exact) mass is 258 g/mol. The predicted octanol–water partition coefficient (Wildman–Crippen LogP) is 2.79. The SMILES string of the molecule is CC(C)CC(N)C(=O)Nc1c(F)cccc1Cl. The van der Waals surface area contributed by atoms with Gasteiger partial charge in [-0.25, -0.2) is 4.39 Å². The van der Waals surface area contributed by atoms with E-state index >= 15 is 0 Å². The number of anilines is 1. The largest absolute Gasteiger partial charge is 0.321 e. The van der Waals surface area contributed by atoms with Crippen LogP contribution in [0.1, 0.15) is 20.3 Å². The molecule has 0 heterocycles. The summed E-state index contributed by atoms with van der Waals surface area (Å²) in [6, 6.07) is 3.55. The maximum atomic E-state index is 13.4. The highest BCUT2D eigenvalue weighted by atomic mass is 35.5. The molecule has 5 heteroatoms. The number of halogens is 2. The van der Waals surface area contributed by atoms with Gasteiger partial charge in [0.15, 0.2) is 0 Å². The quantitative estimate of drug-likeness (QED) is 0.873. The van der Waals surface area contributed by atoms with E-state index in [1.54, 1.807) is 0 Å². The van der Waals surface area contributed by atoms with Crippen molar-refractivity contribution in [1.29, 1.82) is 0 Å². The van der Waals surface area contributed by atoms with Crippen molar-refractivity contribution in [2.75, 3.05) is 5.32 Å². The lowest BCUT2D eigenvalue weighted by atomic mass is 10.0. The maximum absolute atomic E-state index is 13.4. The Kier molecular flexibility index (Phi) is 4.90. The molecule has 1 unspecified atom stereocenters. The minimum atomic E-state index is -0.661. The lowest BCUT2D eigenvalue weighted by molar-refractivity contribution is -0.117. The molecule has 17 heavy (non-hydrogen) atoms. The van der Waals surface area contributed by atoms with Gasteiger partial charge in [-0.05, 0) is 24.5 Å². The number of carbonyl (C=O) groups is 1. The van der Waals surface area contributed by atoms with Crippen LogP contribution in [0.2, 0.25) is 5.02 Å². The van der Waals surface area contributed by atoms with Gasteiger partial charge in [-0.3, -0.25) is 4.79 Å². The molecule has 0 spiro atoms. The van der Waals surface area contributed by atoms with Gasteiger partial charge in [0.1, 0.15) is 5.82 Å². The number of nitrogens with one attached hydrogen (secondary N) is 1. The third-order valence-electron chi connectivity index (χ3n) is 2.27. The van der Waals surface area contributed by atoms with E-state index in [-0.39, 0.29) is 10.7 Å². The summed E-state index contributed by atoms with van der Waals surface area (Å²) < 4.78 is 13.4. The molecule has 0 radical (unpaired) electrons. The molecule has 1 atom stereocenters. The summed E-state index contributed by atoms with van der Waals surface area (Å²) in [4.78, 5) is 11.7. The Balaban J connectivity index is 2.74. The Morgan fingerprint density at radius 2 is 2.18 bits per heavy atom. The van der Waals surface area contributed by atoms with Gasteiger partial charge in [-0.2, -0.15) is 0 Å². The van der Waals surface area contributed by atoms with Gasteiger partial charge >= 0.3 is 0 Å². The molecule has 94 valence electrons. The highest BCUT2D eigenvalue weighted by Gasteiger charge is 2.17. The second-order valence-corrected chi connectivity index (χ2v) is 4.73. The van der Waals surface area contributed by atoms with Crippen LogP contribution in [0.15, 0.2) is 18.2 Å². The molecule has 0 saturated heterocycles. The fourth-order valence-electron chi connectivity index (χ4n) is 1.45. The first-order chi connectivity index (χ1) is 7.91. The summed E-state index contributed by atoms with van der Waals surface area (Å²) in [5, 5.41) is 2.57. The fourth-order valence-corrected chi connectivity index (χ4v) is 1.66. The van der Waals surface area contributed by atoms with Gasteiger partial charge in [0.25, 0.3) is 0 Å². The Hall–Kier alpha value is -1.13. The molecule has 0 aromatic heterocycles. The van der Waals surface area contributed by atoms with Gasteiger partial charge in [0.2, 0.25) is 5.91 Å². The van der Waals surface area contributed by atoms with Crippen LogP contribution in [0.25, 0.3) is 0 Å². The zero-order valence-corrected chi connectivity index (χ0v) is 10.6. The number of benzene rings is 1. The molecule has 1 aromatic rings. The minimum absolute atomic E-state index is 0.0154. The van der Waals surface area contributed by atoms with E-state index < -0.39 is 17.8 Å². The van der Waals surface area contributed by atoms with Crippen molar-refractivity contribution in [3.63, 3.8) is 0 Å². The van der Waals surface area contributed by atoms with E-state index in [0.717, 1.165) is 0 Å². The lowest BCUT2D eigenvalue weighted by Gasteiger charge is -2.15. The number of carbonyl (C=O) groups excluding carboxylic acids is 1. The number of hydrogen-bond donors (Lipinski definition) is 2. The standard InChI is InChI=1S/C12H16ClFN2O/c1-7(2)6-10(15)12(17)16-11-8(13)4-3-5-9(11)14/h3-5,7,10H,6,15H2,1-2H3,(H,16,17). The molecule has 0 fully saturated rings. The molecule has 0 aliphatic carbocycles. The van der Waals surface area contributed by atoms with Crippen molar-refractivity contribution in [3.8, 4) is 0 Å². The van der Waals surface area contributed by atoms with Crippen LogP contribution in [0.4, 0.5) is 10.1 Å². The second-order valence-electron chi connectivity index (χ2n) is 4.32. The highest BCUT2D eigenvalue weighted by Crippen LogP contribution is 2.24. The summed E-state index contributed by atoms with van der Waals surface area (Å²) >= 11 is 5.79. The summed E-state index contributed by atoms with van der Waals surface area (Å²) in [6.07, 6.45) is 0.540. The molecular formula is C12H16ClFN2O. The van der Waals surface area contributed by atoms with Crippen molar-refractivity contribution in [2.24, 2.45) is 11.7 Å². The van der Waals surface area contributed by atoms with E-state index in [0.29, 0.717) is 12.3 Å².